The van der Waals surface area contributed by atoms with Crippen molar-refractivity contribution in [2.45, 2.75) is 19.4 Å². The molecule has 0 aliphatic carbocycles. The molecule has 1 aromatic carbocycles. The highest BCUT2D eigenvalue weighted by Gasteiger charge is 2.08. The molecule has 1 aromatic rings. The molecule has 0 saturated heterocycles. The van der Waals surface area contributed by atoms with Gasteiger partial charge in [0.25, 0.3) is 0 Å². The van der Waals surface area contributed by atoms with Gasteiger partial charge in [-0.3, -0.25) is 4.79 Å². The van der Waals surface area contributed by atoms with Gasteiger partial charge in [-0.2, -0.15) is 0 Å². The van der Waals surface area contributed by atoms with Gasteiger partial charge in [0.1, 0.15) is 11.9 Å². The Kier molecular flexibility index (Phi) is 3.95. The lowest BCUT2D eigenvalue weighted by Crippen LogP contribution is -2.22. The molecule has 4 heteroatoms. The van der Waals surface area contributed by atoms with E-state index < -0.39 is 0 Å². The maximum atomic E-state index is 10.6. The number of ether oxygens (including phenoxy) is 1. The number of para-hydroxylation sites is 1. The van der Waals surface area contributed by atoms with Gasteiger partial charge in [0.15, 0.2) is 0 Å². The highest BCUT2D eigenvalue weighted by atomic mass is 79.9. The lowest BCUT2D eigenvalue weighted by Gasteiger charge is -2.13. The third kappa shape index (κ3) is 3.38. The summed E-state index contributed by atoms with van der Waals surface area (Å²) >= 11 is 3.35. The Bertz CT molecular complexity index is 328. The summed E-state index contributed by atoms with van der Waals surface area (Å²) in [4.78, 5) is 10.6. The van der Waals surface area contributed by atoms with E-state index in [1.54, 1.807) is 0 Å². The summed E-state index contributed by atoms with van der Waals surface area (Å²) in [5.74, 6) is 0.366. The van der Waals surface area contributed by atoms with E-state index in [1.165, 1.54) is 0 Å². The van der Waals surface area contributed by atoms with Crippen molar-refractivity contribution in [3.05, 3.63) is 28.7 Å². The molecule has 0 aromatic heterocycles. The van der Waals surface area contributed by atoms with Crippen LogP contribution in [-0.2, 0) is 4.79 Å². The van der Waals surface area contributed by atoms with Crippen molar-refractivity contribution in [1.29, 1.82) is 0 Å². The molecule has 0 bridgehead atoms. The molecule has 1 rings (SSSR count). The number of hydrogen-bond acceptors (Lipinski definition) is 2. The maximum Gasteiger partial charge on any atom is 0.221 e. The van der Waals surface area contributed by atoms with E-state index in [4.69, 9.17) is 10.5 Å². The third-order valence-corrected chi connectivity index (χ3v) is 2.31. The van der Waals surface area contributed by atoms with Gasteiger partial charge in [0.2, 0.25) is 5.91 Å². The Hall–Kier alpha value is -1.03. The summed E-state index contributed by atoms with van der Waals surface area (Å²) in [6.45, 7) is 1.81. The molecule has 0 radical (unpaired) electrons. The number of halogens is 1. The van der Waals surface area contributed by atoms with Crippen LogP contribution < -0.4 is 10.5 Å². The van der Waals surface area contributed by atoms with Crippen LogP contribution in [0, 0.1) is 0 Å². The van der Waals surface area contributed by atoms with Crippen LogP contribution in [0.5, 0.6) is 5.75 Å². The minimum absolute atomic E-state index is 0.203. The first-order chi connectivity index (χ1) is 6.59. The molecular formula is C10H12BrNO2. The first-order valence-corrected chi connectivity index (χ1v) is 5.08. The van der Waals surface area contributed by atoms with Gasteiger partial charge < -0.3 is 10.5 Å². The van der Waals surface area contributed by atoms with Gasteiger partial charge in [-0.25, -0.2) is 0 Å². The van der Waals surface area contributed by atoms with Crippen LogP contribution >= 0.6 is 15.9 Å². The molecule has 0 spiro atoms. The second-order valence-electron chi connectivity index (χ2n) is 3.03. The average molecular weight is 258 g/mol. The molecule has 3 nitrogen and oxygen atoms in total. The summed E-state index contributed by atoms with van der Waals surface area (Å²) in [5.41, 5.74) is 5.05. The van der Waals surface area contributed by atoms with Gasteiger partial charge in [-0.05, 0) is 35.0 Å². The van der Waals surface area contributed by atoms with Gasteiger partial charge in [0, 0.05) is 0 Å². The molecule has 14 heavy (non-hydrogen) atoms. The Balaban J connectivity index is 2.60. The molecule has 0 fully saturated rings. The number of nitrogens with two attached hydrogens (primary N) is 1. The summed E-state index contributed by atoms with van der Waals surface area (Å²) in [7, 11) is 0. The fraction of sp³-hybridized carbons (Fsp3) is 0.300. The fourth-order valence-corrected chi connectivity index (χ4v) is 1.46. The second kappa shape index (κ2) is 5.00. The summed E-state index contributed by atoms with van der Waals surface area (Å²) in [6.07, 6.45) is 0.0210. The molecule has 1 amide bonds. The van der Waals surface area contributed by atoms with Crippen molar-refractivity contribution in [1.82, 2.24) is 0 Å². The topological polar surface area (TPSA) is 52.3 Å². The van der Waals surface area contributed by atoms with Crippen LogP contribution in [0.1, 0.15) is 13.3 Å². The zero-order chi connectivity index (χ0) is 10.6. The lowest BCUT2D eigenvalue weighted by atomic mass is 10.2. The summed E-state index contributed by atoms with van der Waals surface area (Å²) in [6, 6.07) is 7.49. The first kappa shape index (κ1) is 11.0. The van der Waals surface area contributed by atoms with E-state index >= 15 is 0 Å². The minimum Gasteiger partial charge on any atom is -0.489 e. The number of rotatable bonds is 4. The number of carbonyl (C=O) groups excluding carboxylic acids is 1. The number of amides is 1. The van der Waals surface area contributed by atoms with Gasteiger partial charge in [-0.1, -0.05) is 12.1 Å². The van der Waals surface area contributed by atoms with Gasteiger partial charge >= 0.3 is 0 Å². The molecule has 1 unspecified atom stereocenters. The molecule has 0 aliphatic rings. The van der Waals surface area contributed by atoms with Crippen molar-refractivity contribution < 1.29 is 9.53 Å². The monoisotopic (exact) mass is 257 g/mol. The molecule has 1 atom stereocenters. The Morgan fingerprint density at radius 3 is 2.79 bits per heavy atom. The van der Waals surface area contributed by atoms with Crippen molar-refractivity contribution in [3.8, 4) is 5.75 Å². The molecular weight excluding hydrogens is 246 g/mol. The van der Waals surface area contributed by atoms with Crippen molar-refractivity contribution in [2.24, 2.45) is 5.73 Å². The quantitative estimate of drug-likeness (QED) is 0.898. The van der Waals surface area contributed by atoms with E-state index in [-0.39, 0.29) is 18.4 Å². The number of hydrogen-bond donors (Lipinski definition) is 1. The smallest absolute Gasteiger partial charge is 0.221 e. The zero-order valence-electron chi connectivity index (χ0n) is 7.87. The Morgan fingerprint density at radius 1 is 1.57 bits per heavy atom. The van der Waals surface area contributed by atoms with E-state index in [2.05, 4.69) is 15.9 Å². The standard InChI is InChI=1S/C10H12BrNO2/c1-7(6-10(12)13)14-9-5-3-2-4-8(9)11/h2-5,7H,6H2,1H3,(H2,12,13). The highest BCUT2D eigenvalue weighted by molar-refractivity contribution is 9.10. The minimum atomic E-state index is -0.357. The first-order valence-electron chi connectivity index (χ1n) is 4.29. The Morgan fingerprint density at radius 2 is 2.21 bits per heavy atom. The van der Waals surface area contributed by atoms with Crippen LogP contribution in [0.25, 0.3) is 0 Å². The third-order valence-electron chi connectivity index (χ3n) is 1.65. The van der Waals surface area contributed by atoms with Crippen molar-refractivity contribution in [3.63, 3.8) is 0 Å². The van der Waals surface area contributed by atoms with Crippen LogP contribution in [0.4, 0.5) is 0 Å². The lowest BCUT2D eigenvalue weighted by molar-refractivity contribution is -0.119. The van der Waals surface area contributed by atoms with E-state index in [0.717, 1.165) is 10.2 Å². The molecule has 76 valence electrons. The number of carbonyl (C=O) groups is 1. The predicted molar refractivity (Wildman–Crippen MR) is 58.0 cm³/mol. The largest absolute Gasteiger partial charge is 0.489 e. The predicted octanol–water partition coefficient (Wildman–Crippen LogP) is 2.09. The number of benzene rings is 1. The maximum absolute atomic E-state index is 10.6. The van der Waals surface area contributed by atoms with Crippen molar-refractivity contribution >= 4 is 21.8 Å². The highest BCUT2D eigenvalue weighted by Crippen LogP contribution is 2.25. The molecule has 0 aliphatic heterocycles. The second-order valence-corrected chi connectivity index (χ2v) is 3.88. The normalized spacial score (nSPS) is 12.1. The Labute approximate surface area is 91.4 Å². The molecule has 2 N–H and O–H groups in total. The molecule has 0 heterocycles. The van der Waals surface area contributed by atoms with E-state index in [0.29, 0.717) is 0 Å². The number of primary amides is 1. The zero-order valence-corrected chi connectivity index (χ0v) is 9.45. The summed E-state index contributed by atoms with van der Waals surface area (Å²) < 4.78 is 6.38. The van der Waals surface area contributed by atoms with E-state index in [1.807, 2.05) is 31.2 Å². The van der Waals surface area contributed by atoms with E-state index in [9.17, 15) is 4.79 Å². The van der Waals surface area contributed by atoms with Gasteiger partial charge in [-0.15, -0.1) is 0 Å². The van der Waals surface area contributed by atoms with Crippen LogP contribution in [0.3, 0.4) is 0 Å². The SMILES string of the molecule is CC(CC(N)=O)Oc1ccccc1Br. The van der Waals surface area contributed by atoms with Crippen LogP contribution in [0.2, 0.25) is 0 Å². The van der Waals surface area contributed by atoms with Crippen LogP contribution in [0.15, 0.2) is 28.7 Å². The van der Waals surface area contributed by atoms with Crippen LogP contribution in [-0.4, -0.2) is 12.0 Å². The van der Waals surface area contributed by atoms with Gasteiger partial charge in [0.05, 0.1) is 10.9 Å². The van der Waals surface area contributed by atoms with Crippen molar-refractivity contribution in [2.75, 3.05) is 0 Å². The molecule has 0 saturated carbocycles. The average Bonchev–Trinajstić information content (AvgIpc) is 2.07. The summed E-state index contributed by atoms with van der Waals surface area (Å²) in [5, 5.41) is 0. The fourth-order valence-electron chi connectivity index (χ4n) is 1.08.